The van der Waals surface area contributed by atoms with Crippen LogP contribution in [0.25, 0.3) is 16.9 Å². The standard InChI is InChI=1S/C20H22N2O/c1-13(2)18-19(16-10-8-14(3)9-11-16)21-22(20(18)23)17-7-5-6-15(4)12-17/h5-13,23H,1-4H3. The molecule has 0 spiro atoms. The van der Waals surface area contributed by atoms with E-state index in [-0.39, 0.29) is 11.8 Å². The normalized spacial score (nSPS) is 11.2. The van der Waals surface area contributed by atoms with Crippen molar-refractivity contribution in [2.24, 2.45) is 0 Å². The van der Waals surface area contributed by atoms with Gasteiger partial charge in [0.2, 0.25) is 5.88 Å². The summed E-state index contributed by atoms with van der Waals surface area (Å²) < 4.78 is 1.64. The van der Waals surface area contributed by atoms with E-state index in [4.69, 9.17) is 5.10 Å². The van der Waals surface area contributed by atoms with Crippen molar-refractivity contribution >= 4 is 0 Å². The number of hydrogen-bond donors (Lipinski definition) is 1. The van der Waals surface area contributed by atoms with Crippen molar-refractivity contribution in [3.05, 3.63) is 65.2 Å². The Morgan fingerprint density at radius 1 is 0.957 bits per heavy atom. The van der Waals surface area contributed by atoms with Gasteiger partial charge in [0.05, 0.1) is 5.69 Å². The maximum absolute atomic E-state index is 10.7. The van der Waals surface area contributed by atoms with Crippen molar-refractivity contribution in [2.45, 2.75) is 33.6 Å². The van der Waals surface area contributed by atoms with Crippen LogP contribution < -0.4 is 0 Å². The van der Waals surface area contributed by atoms with Gasteiger partial charge in [-0.3, -0.25) is 0 Å². The van der Waals surface area contributed by atoms with E-state index in [1.807, 2.05) is 31.2 Å². The van der Waals surface area contributed by atoms with Crippen LogP contribution >= 0.6 is 0 Å². The highest BCUT2D eigenvalue weighted by molar-refractivity contribution is 5.67. The second kappa shape index (κ2) is 5.92. The number of aromatic nitrogens is 2. The van der Waals surface area contributed by atoms with Crippen molar-refractivity contribution in [3.8, 4) is 22.8 Å². The molecule has 1 heterocycles. The molecule has 0 unspecified atom stereocenters. The van der Waals surface area contributed by atoms with Crippen LogP contribution in [-0.4, -0.2) is 14.9 Å². The van der Waals surface area contributed by atoms with Crippen LogP contribution in [0.5, 0.6) is 5.88 Å². The molecule has 3 rings (SSSR count). The van der Waals surface area contributed by atoms with Crippen LogP contribution in [0.2, 0.25) is 0 Å². The molecule has 0 radical (unpaired) electrons. The van der Waals surface area contributed by atoms with E-state index in [0.29, 0.717) is 0 Å². The zero-order valence-corrected chi connectivity index (χ0v) is 14.0. The van der Waals surface area contributed by atoms with Gasteiger partial charge in [-0.1, -0.05) is 55.8 Å². The Balaban J connectivity index is 2.20. The van der Waals surface area contributed by atoms with E-state index < -0.39 is 0 Å². The number of rotatable bonds is 3. The van der Waals surface area contributed by atoms with Crippen LogP contribution in [0.3, 0.4) is 0 Å². The van der Waals surface area contributed by atoms with Gasteiger partial charge < -0.3 is 5.11 Å². The lowest BCUT2D eigenvalue weighted by Gasteiger charge is -2.07. The molecule has 0 bridgehead atoms. The third kappa shape index (κ3) is 2.87. The first-order valence-corrected chi connectivity index (χ1v) is 7.93. The first-order chi connectivity index (χ1) is 11.0. The van der Waals surface area contributed by atoms with E-state index in [1.165, 1.54) is 5.56 Å². The van der Waals surface area contributed by atoms with Gasteiger partial charge in [-0.15, -0.1) is 0 Å². The predicted octanol–water partition coefficient (Wildman–Crippen LogP) is 4.99. The molecule has 0 saturated heterocycles. The number of hydrogen-bond acceptors (Lipinski definition) is 2. The smallest absolute Gasteiger partial charge is 0.218 e. The zero-order valence-electron chi connectivity index (χ0n) is 14.0. The van der Waals surface area contributed by atoms with Gasteiger partial charge >= 0.3 is 0 Å². The molecule has 3 nitrogen and oxygen atoms in total. The maximum atomic E-state index is 10.7. The Bertz CT molecular complexity index is 829. The predicted molar refractivity (Wildman–Crippen MR) is 94.2 cm³/mol. The molecule has 23 heavy (non-hydrogen) atoms. The summed E-state index contributed by atoms with van der Waals surface area (Å²) in [4.78, 5) is 0. The minimum absolute atomic E-state index is 0.185. The summed E-state index contributed by atoms with van der Waals surface area (Å²) in [5, 5.41) is 15.4. The molecule has 2 aromatic carbocycles. The second-order valence-electron chi connectivity index (χ2n) is 6.36. The Labute approximate surface area is 137 Å². The third-order valence-electron chi connectivity index (χ3n) is 4.05. The summed E-state index contributed by atoms with van der Waals surface area (Å²) in [5.41, 5.74) is 5.99. The average Bonchev–Trinajstić information content (AvgIpc) is 2.85. The monoisotopic (exact) mass is 306 g/mol. The van der Waals surface area contributed by atoms with E-state index >= 15 is 0 Å². The molecule has 1 aromatic heterocycles. The van der Waals surface area contributed by atoms with Gasteiger partial charge in [0.25, 0.3) is 0 Å². The van der Waals surface area contributed by atoms with E-state index in [1.54, 1.807) is 4.68 Å². The Morgan fingerprint density at radius 3 is 2.26 bits per heavy atom. The highest BCUT2D eigenvalue weighted by atomic mass is 16.3. The van der Waals surface area contributed by atoms with Gasteiger partial charge in [-0.25, -0.2) is 4.68 Å². The molecule has 0 aliphatic heterocycles. The molecule has 0 aliphatic rings. The number of aromatic hydroxyl groups is 1. The third-order valence-corrected chi connectivity index (χ3v) is 4.05. The van der Waals surface area contributed by atoms with Gasteiger partial charge in [-0.05, 0) is 37.5 Å². The quantitative estimate of drug-likeness (QED) is 0.740. The fourth-order valence-corrected chi connectivity index (χ4v) is 2.82. The molecule has 0 amide bonds. The molecule has 1 N–H and O–H groups in total. The Hall–Kier alpha value is -2.55. The van der Waals surface area contributed by atoms with Crippen LogP contribution in [0.15, 0.2) is 48.5 Å². The molecule has 3 heteroatoms. The fourth-order valence-electron chi connectivity index (χ4n) is 2.82. The highest BCUT2D eigenvalue weighted by Crippen LogP contribution is 2.37. The van der Waals surface area contributed by atoms with Crippen molar-refractivity contribution in [1.29, 1.82) is 0 Å². The molecular weight excluding hydrogens is 284 g/mol. The second-order valence-corrected chi connectivity index (χ2v) is 6.36. The number of benzene rings is 2. The van der Waals surface area contributed by atoms with Crippen molar-refractivity contribution in [1.82, 2.24) is 9.78 Å². The Kier molecular flexibility index (Phi) is 3.95. The first kappa shape index (κ1) is 15.3. The van der Waals surface area contributed by atoms with Gasteiger partial charge in [-0.2, -0.15) is 5.10 Å². The first-order valence-electron chi connectivity index (χ1n) is 7.93. The molecule has 118 valence electrons. The molecular formula is C20H22N2O. The topological polar surface area (TPSA) is 38.0 Å². The van der Waals surface area contributed by atoms with Crippen LogP contribution in [0.4, 0.5) is 0 Å². The molecule has 0 fully saturated rings. The summed E-state index contributed by atoms with van der Waals surface area (Å²) in [6.07, 6.45) is 0. The lowest BCUT2D eigenvalue weighted by Crippen LogP contribution is -1.96. The van der Waals surface area contributed by atoms with Gasteiger partial charge in [0.15, 0.2) is 0 Å². The summed E-state index contributed by atoms with van der Waals surface area (Å²) in [7, 11) is 0. The SMILES string of the molecule is Cc1ccc(-c2nn(-c3cccc(C)c3)c(O)c2C(C)C)cc1. The average molecular weight is 306 g/mol. The van der Waals surface area contributed by atoms with Gasteiger partial charge in [0.1, 0.15) is 5.69 Å². The lowest BCUT2D eigenvalue weighted by molar-refractivity contribution is 0.425. The van der Waals surface area contributed by atoms with E-state index in [2.05, 4.69) is 45.0 Å². The summed E-state index contributed by atoms with van der Waals surface area (Å²) >= 11 is 0. The van der Waals surface area contributed by atoms with E-state index in [9.17, 15) is 5.11 Å². The summed E-state index contributed by atoms with van der Waals surface area (Å²) in [5.74, 6) is 0.408. The number of nitrogens with zero attached hydrogens (tertiary/aromatic N) is 2. The zero-order chi connectivity index (χ0) is 16.6. The summed E-state index contributed by atoms with van der Waals surface area (Å²) in [6, 6.07) is 16.3. The maximum Gasteiger partial charge on any atom is 0.218 e. The molecule has 3 aromatic rings. The Morgan fingerprint density at radius 2 is 1.65 bits per heavy atom. The van der Waals surface area contributed by atoms with Crippen LogP contribution in [0, 0.1) is 13.8 Å². The minimum atomic E-state index is 0.185. The van der Waals surface area contributed by atoms with Crippen molar-refractivity contribution in [3.63, 3.8) is 0 Å². The minimum Gasteiger partial charge on any atom is -0.493 e. The van der Waals surface area contributed by atoms with Crippen molar-refractivity contribution < 1.29 is 5.11 Å². The lowest BCUT2D eigenvalue weighted by atomic mass is 9.98. The molecule has 0 saturated carbocycles. The largest absolute Gasteiger partial charge is 0.493 e. The number of aryl methyl sites for hydroxylation is 2. The molecule has 0 atom stereocenters. The van der Waals surface area contributed by atoms with Crippen molar-refractivity contribution in [2.75, 3.05) is 0 Å². The van der Waals surface area contributed by atoms with Gasteiger partial charge in [0, 0.05) is 11.1 Å². The van der Waals surface area contributed by atoms with Crippen LogP contribution in [0.1, 0.15) is 36.5 Å². The molecule has 0 aliphatic carbocycles. The summed E-state index contributed by atoms with van der Waals surface area (Å²) in [6.45, 7) is 8.26. The van der Waals surface area contributed by atoms with Crippen LogP contribution in [-0.2, 0) is 0 Å². The highest BCUT2D eigenvalue weighted by Gasteiger charge is 2.22. The van der Waals surface area contributed by atoms with E-state index in [0.717, 1.165) is 28.1 Å². The fraction of sp³-hybridized carbons (Fsp3) is 0.250.